The molecule has 3 N–H and O–H groups in total. The van der Waals surface area contributed by atoms with Gasteiger partial charge in [0.1, 0.15) is 0 Å². The SMILES string of the molecule is CC1(CNC(=O)C(=O)NCc2cccc(CO)c2)CCCc2ccccc21. The molecular weight excluding hydrogens is 340 g/mol. The fraction of sp³-hybridized carbons (Fsp3) is 0.364. The number of rotatable bonds is 5. The van der Waals surface area contributed by atoms with Crippen molar-refractivity contribution in [3.8, 4) is 0 Å². The van der Waals surface area contributed by atoms with E-state index in [-0.39, 0.29) is 18.6 Å². The molecule has 5 heteroatoms. The van der Waals surface area contributed by atoms with Crippen LogP contribution in [-0.2, 0) is 34.6 Å². The molecule has 0 fully saturated rings. The van der Waals surface area contributed by atoms with Gasteiger partial charge in [0.2, 0.25) is 0 Å². The number of carbonyl (C=O) groups is 2. The summed E-state index contributed by atoms with van der Waals surface area (Å²) in [6.45, 7) is 2.78. The number of amides is 2. The molecule has 0 spiro atoms. The number of hydrogen-bond acceptors (Lipinski definition) is 3. The molecule has 0 radical (unpaired) electrons. The molecular formula is C22H26N2O3. The third-order valence-corrected chi connectivity index (χ3v) is 5.31. The first-order valence-electron chi connectivity index (χ1n) is 9.35. The number of aryl methyl sites for hydroxylation is 1. The molecule has 27 heavy (non-hydrogen) atoms. The van der Waals surface area contributed by atoms with Crippen LogP contribution in [0.2, 0.25) is 0 Å². The second-order valence-electron chi connectivity index (χ2n) is 7.41. The van der Waals surface area contributed by atoms with Crippen molar-refractivity contribution in [3.05, 3.63) is 70.8 Å². The van der Waals surface area contributed by atoms with E-state index in [1.807, 2.05) is 24.3 Å². The van der Waals surface area contributed by atoms with Crippen LogP contribution in [-0.4, -0.2) is 23.5 Å². The molecule has 142 valence electrons. The molecule has 0 saturated heterocycles. The second-order valence-corrected chi connectivity index (χ2v) is 7.41. The summed E-state index contributed by atoms with van der Waals surface area (Å²) >= 11 is 0. The lowest BCUT2D eigenvalue weighted by Gasteiger charge is -2.36. The van der Waals surface area contributed by atoms with Gasteiger partial charge >= 0.3 is 11.8 Å². The van der Waals surface area contributed by atoms with Gasteiger partial charge in [-0.3, -0.25) is 9.59 Å². The van der Waals surface area contributed by atoms with E-state index in [1.54, 1.807) is 12.1 Å². The van der Waals surface area contributed by atoms with E-state index in [9.17, 15) is 9.59 Å². The molecule has 0 heterocycles. The molecule has 1 aliphatic carbocycles. The van der Waals surface area contributed by atoms with Gasteiger partial charge in [-0.1, -0.05) is 55.5 Å². The predicted molar refractivity (Wildman–Crippen MR) is 104 cm³/mol. The fourth-order valence-electron chi connectivity index (χ4n) is 3.77. The molecule has 3 rings (SSSR count). The Morgan fingerprint density at radius 2 is 1.78 bits per heavy atom. The van der Waals surface area contributed by atoms with Crippen LogP contribution in [0.25, 0.3) is 0 Å². The molecule has 1 aliphatic rings. The van der Waals surface area contributed by atoms with Gasteiger partial charge in [0.25, 0.3) is 0 Å². The van der Waals surface area contributed by atoms with Crippen LogP contribution >= 0.6 is 0 Å². The minimum absolute atomic E-state index is 0.0532. The molecule has 2 aromatic rings. The Labute approximate surface area is 159 Å². The lowest BCUT2D eigenvalue weighted by Crippen LogP contribution is -2.46. The van der Waals surface area contributed by atoms with E-state index in [0.29, 0.717) is 6.54 Å². The van der Waals surface area contributed by atoms with Crippen molar-refractivity contribution in [3.63, 3.8) is 0 Å². The highest BCUT2D eigenvalue weighted by molar-refractivity contribution is 6.35. The van der Waals surface area contributed by atoms with Crippen molar-refractivity contribution in [2.75, 3.05) is 6.54 Å². The number of nitrogens with one attached hydrogen (secondary N) is 2. The van der Waals surface area contributed by atoms with Gasteiger partial charge in [0, 0.05) is 18.5 Å². The van der Waals surface area contributed by atoms with E-state index in [2.05, 4.69) is 29.7 Å². The van der Waals surface area contributed by atoms with Crippen LogP contribution in [0.1, 0.15) is 42.0 Å². The molecule has 0 aromatic heterocycles. The lowest BCUT2D eigenvalue weighted by molar-refractivity contribution is -0.139. The Balaban J connectivity index is 1.55. The largest absolute Gasteiger partial charge is 0.392 e. The molecule has 5 nitrogen and oxygen atoms in total. The average molecular weight is 366 g/mol. The van der Waals surface area contributed by atoms with Crippen LogP contribution in [0.5, 0.6) is 0 Å². The van der Waals surface area contributed by atoms with Gasteiger partial charge in [0.05, 0.1) is 6.61 Å². The summed E-state index contributed by atoms with van der Waals surface area (Å²) < 4.78 is 0. The van der Waals surface area contributed by atoms with Crippen LogP contribution in [0.15, 0.2) is 48.5 Å². The maximum Gasteiger partial charge on any atom is 0.309 e. The van der Waals surface area contributed by atoms with Gasteiger partial charge < -0.3 is 15.7 Å². The molecule has 1 unspecified atom stereocenters. The predicted octanol–water partition coefficient (Wildman–Crippen LogP) is 2.21. The van der Waals surface area contributed by atoms with E-state index in [0.717, 1.165) is 30.4 Å². The highest BCUT2D eigenvalue weighted by Crippen LogP contribution is 2.36. The summed E-state index contributed by atoms with van der Waals surface area (Å²) in [5, 5.41) is 14.6. The lowest BCUT2D eigenvalue weighted by atomic mass is 9.71. The maximum absolute atomic E-state index is 12.2. The molecule has 0 bridgehead atoms. The van der Waals surface area contributed by atoms with Gasteiger partial charge in [-0.2, -0.15) is 0 Å². The van der Waals surface area contributed by atoms with Crippen LogP contribution in [0.3, 0.4) is 0 Å². The number of carbonyl (C=O) groups excluding carboxylic acids is 2. The minimum atomic E-state index is -0.642. The van der Waals surface area contributed by atoms with Gasteiger partial charge in [-0.15, -0.1) is 0 Å². The summed E-state index contributed by atoms with van der Waals surface area (Å²) in [4.78, 5) is 24.3. The standard InChI is InChI=1S/C22H26N2O3/c1-22(11-5-9-18-8-2-3-10-19(18)22)15-24-21(27)20(26)23-13-16-6-4-7-17(12-16)14-25/h2-4,6-8,10,12,25H,5,9,11,13-15H2,1H3,(H,23,26)(H,24,27). The topological polar surface area (TPSA) is 78.4 Å². The van der Waals surface area contributed by atoms with Crippen molar-refractivity contribution < 1.29 is 14.7 Å². The van der Waals surface area contributed by atoms with Crippen molar-refractivity contribution in [2.24, 2.45) is 0 Å². The smallest absolute Gasteiger partial charge is 0.309 e. The fourth-order valence-corrected chi connectivity index (χ4v) is 3.77. The first-order valence-corrected chi connectivity index (χ1v) is 9.35. The first-order chi connectivity index (χ1) is 13.0. The van der Waals surface area contributed by atoms with Crippen molar-refractivity contribution >= 4 is 11.8 Å². The van der Waals surface area contributed by atoms with Gasteiger partial charge in [-0.05, 0) is 41.5 Å². The Morgan fingerprint density at radius 1 is 1.04 bits per heavy atom. The number of hydrogen-bond donors (Lipinski definition) is 3. The normalized spacial score (nSPS) is 18.4. The molecule has 2 aromatic carbocycles. The molecule has 1 atom stereocenters. The number of fused-ring (bicyclic) bond motifs is 1. The van der Waals surface area contributed by atoms with Crippen molar-refractivity contribution in [1.29, 1.82) is 0 Å². The highest BCUT2D eigenvalue weighted by Gasteiger charge is 2.32. The summed E-state index contributed by atoms with van der Waals surface area (Å²) in [6.07, 6.45) is 3.13. The Hall–Kier alpha value is -2.66. The summed E-state index contributed by atoms with van der Waals surface area (Å²) in [5.74, 6) is -1.25. The third-order valence-electron chi connectivity index (χ3n) is 5.31. The van der Waals surface area contributed by atoms with Gasteiger partial charge in [-0.25, -0.2) is 0 Å². The number of aliphatic hydroxyl groups excluding tert-OH is 1. The zero-order chi connectivity index (χ0) is 19.3. The minimum Gasteiger partial charge on any atom is -0.392 e. The van der Waals surface area contributed by atoms with Crippen molar-refractivity contribution in [1.82, 2.24) is 10.6 Å². The molecule has 2 amide bonds. The highest BCUT2D eigenvalue weighted by atomic mass is 16.3. The molecule has 0 saturated carbocycles. The van der Waals surface area contributed by atoms with Crippen LogP contribution in [0, 0.1) is 0 Å². The Kier molecular flexibility index (Phi) is 5.91. The van der Waals surface area contributed by atoms with E-state index in [4.69, 9.17) is 5.11 Å². The van der Waals surface area contributed by atoms with E-state index < -0.39 is 11.8 Å². The monoisotopic (exact) mass is 366 g/mol. The van der Waals surface area contributed by atoms with Crippen molar-refractivity contribution in [2.45, 2.75) is 44.8 Å². The number of benzene rings is 2. The van der Waals surface area contributed by atoms with E-state index >= 15 is 0 Å². The quantitative estimate of drug-likeness (QED) is 0.710. The summed E-state index contributed by atoms with van der Waals surface area (Å²) in [7, 11) is 0. The maximum atomic E-state index is 12.2. The van der Waals surface area contributed by atoms with Crippen LogP contribution < -0.4 is 10.6 Å². The Morgan fingerprint density at radius 3 is 2.59 bits per heavy atom. The second kappa shape index (κ2) is 8.35. The number of aliphatic hydroxyl groups is 1. The van der Waals surface area contributed by atoms with E-state index in [1.165, 1.54) is 11.1 Å². The Bertz CT molecular complexity index is 834. The zero-order valence-electron chi connectivity index (χ0n) is 15.6. The zero-order valence-corrected chi connectivity index (χ0v) is 15.6. The first kappa shape index (κ1) is 19.1. The average Bonchev–Trinajstić information content (AvgIpc) is 2.71. The third kappa shape index (κ3) is 4.55. The van der Waals surface area contributed by atoms with Gasteiger partial charge in [0.15, 0.2) is 0 Å². The van der Waals surface area contributed by atoms with Crippen LogP contribution in [0.4, 0.5) is 0 Å². The summed E-state index contributed by atoms with van der Waals surface area (Å²) in [6, 6.07) is 15.6. The summed E-state index contributed by atoms with van der Waals surface area (Å²) in [5.41, 5.74) is 4.05. The molecule has 0 aliphatic heterocycles.